The van der Waals surface area contributed by atoms with Crippen LogP contribution in [0.5, 0.6) is 0 Å². The fourth-order valence-corrected chi connectivity index (χ4v) is 6.43. The molecule has 5 heteroatoms. The molecule has 2 aliphatic carbocycles. The highest BCUT2D eigenvalue weighted by molar-refractivity contribution is 7.17. The van der Waals surface area contributed by atoms with Gasteiger partial charge in [-0.3, -0.25) is 9.59 Å². The molecule has 3 rings (SSSR count). The molecule has 0 saturated heterocycles. The standard InChI is InChI=1S/C24H38N2O2S/c1-5-6-7-15-8-10-16(11-9-15)22(28)26-23-20(21(25)27)18-13-12-17(24(2,3)4)14-19(18)29-23/h15-17H,5-14H2,1-4H3,(H2,25,27)(H,26,28). The molecule has 1 fully saturated rings. The van der Waals surface area contributed by atoms with Gasteiger partial charge < -0.3 is 11.1 Å². The normalized spacial score (nSPS) is 24.8. The zero-order valence-electron chi connectivity index (χ0n) is 18.6. The minimum absolute atomic E-state index is 0.0649. The van der Waals surface area contributed by atoms with E-state index in [9.17, 15) is 9.59 Å². The van der Waals surface area contributed by atoms with E-state index in [0.29, 0.717) is 16.5 Å². The quantitative estimate of drug-likeness (QED) is 0.600. The molecule has 3 N–H and O–H groups in total. The van der Waals surface area contributed by atoms with Crippen LogP contribution < -0.4 is 11.1 Å². The summed E-state index contributed by atoms with van der Waals surface area (Å²) in [5.41, 5.74) is 7.64. The molecule has 1 aromatic rings. The van der Waals surface area contributed by atoms with Gasteiger partial charge in [0.15, 0.2) is 0 Å². The maximum Gasteiger partial charge on any atom is 0.251 e. The lowest BCUT2D eigenvalue weighted by Gasteiger charge is -2.33. The Hall–Kier alpha value is -1.36. The number of thiophene rings is 1. The van der Waals surface area contributed by atoms with E-state index < -0.39 is 5.91 Å². The van der Waals surface area contributed by atoms with E-state index in [1.165, 1.54) is 24.1 Å². The third kappa shape index (κ3) is 5.22. The maximum absolute atomic E-state index is 12.9. The van der Waals surface area contributed by atoms with Crippen LogP contribution in [0.15, 0.2) is 0 Å². The van der Waals surface area contributed by atoms with Crippen LogP contribution in [0.25, 0.3) is 0 Å². The van der Waals surface area contributed by atoms with Gasteiger partial charge in [0.25, 0.3) is 5.91 Å². The van der Waals surface area contributed by atoms with Crippen molar-refractivity contribution in [2.24, 2.45) is 28.9 Å². The number of primary amides is 1. The van der Waals surface area contributed by atoms with E-state index in [4.69, 9.17) is 5.73 Å². The number of hydrogen-bond acceptors (Lipinski definition) is 3. The molecule has 4 nitrogen and oxygen atoms in total. The Morgan fingerprint density at radius 3 is 2.41 bits per heavy atom. The number of unbranched alkanes of at least 4 members (excludes halogenated alkanes) is 1. The predicted octanol–water partition coefficient (Wildman–Crippen LogP) is 5.93. The Morgan fingerprint density at radius 2 is 1.83 bits per heavy atom. The molecule has 1 heterocycles. The predicted molar refractivity (Wildman–Crippen MR) is 121 cm³/mol. The number of anilines is 1. The van der Waals surface area contributed by atoms with Crippen molar-refractivity contribution in [1.82, 2.24) is 0 Å². The van der Waals surface area contributed by atoms with Gasteiger partial charge in [0.1, 0.15) is 5.00 Å². The third-order valence-corrected chi connectivity index (χ3v) is 8.33. The molecular formula is C24H38N2O2S. The fourth-order valence-electron chi connectivity index (χ4n) is 5.09. The average Bonchev–Trinajstić information content (AvgIpc) is 3.03. The summed E-state index contributed by atoms with van der Waals surface area (Å²) in [6, 6.07) is 0. The summed E-state index contributed by atoms with van der Waals surface area (Å²) in [6.07, 6.45) is 11.0. The zero-order valence-corrected chi connectivity index (χ0v) is 19.4. The Bertz CT molecular complexity index is 739. The van der Waals surface area contributed by atoms with Crippen molar-refractivity contribution in [3.05, 3.63) is 16.0 Å². The minimum atomic E-state index is -0.407. The van der Waals surface area contributed by atoms with Crippen molar-refractivity contribution in [1.29, 1.82) is 0 Å². The van der Waals surface area contributed by atoms with Gasteiger partial charge in [0.05, 0.1) is 5.56 Å². The number of nitrogens with one attached hydrogen (secondary N) is 1. The molecule has 0 aliphatic heterocycles. The summed E-state index contributed by atoms with van der Waals surface area (Å²) < 4.78 is 0. The Morgan fingerprint density at radius 1 is 1.14 bits per heavy atom. The van der Waals surface area contributed by atoms with Crippen LogP contribution in [0, 0.1) is 23.2 Å². The van der Waals surface area contributed by atoms with Crippen LogP contribution in [0.2, 0.25) is 0 Å². The first-order chi connectivity index (χ1) is 13.7. The van der Waals surface area contributed by atoms with E-state index >= 15 is 0 Å². The third-order valence-electron chi connectivity index (χ3n) is 7.16. The van der Waals surface area contributed by atoms with Gasteiger partial charge >= 0.3 is 0 Å². The molecule has 0 radical (unpaired) electrons. The summed E-state index contributed by atoms with van der Waals surface area (Å²) in [5, 5.41) is 3.80. The highest BCUT2D eigenvalue weighted by Crippen LogP contribution is 2.44. The highest BCUT2D eigenvalue weighted by Gasteiger charge is 2.34. The van der Waals surface area contributed by atoms with Gasteiger partial charge in [-0.1, -0.05) is 47.0 Å². The number of hydrogen-bond donors (Lipinski definition) is 2. The minimum Gasteiger partial charge on any atom is -0.365 e. The maximum atomic E-state index is 12.9. The zero-order chi connectivity index (χ0) is 21.2. The van der Waals surface area contributed by atoms with Crippen LogP contribution in [-0.2, 0) is 17.6 Å². The van der Waals surface area contributed by atoms with E-state index in [2.05, 4.69) is 33.0 Å². The molecule has 2 amide bonds. The van der Waals surface area contributed by atoms with Crippen LogP contribution in [0.1, 0.15) is 99.9 Å². The van der Waals surface area contributed by atoms with Crippen LogP contribution in [0.3, 0.4) is 0 Å². The van der Waals surface area contributed by atoms with Crippen molar-refractivity contribution in [3.8, 4) is 0 Å². The molecule has 0 aromatic carbocycles. The second-order valence-electron chi connectivity index (χ2n) is 10.2. The van der Waals surface area contributed by atoms with Crippen LogP contribution in [0.4, 0.5) is 5.00 Å². The first-order valence-corrected chi connectivity index (χ1v) is 12.3. The topological polar surface area (TPSA) is 72.2 Å². The molecule has 29 heavy (non-hydrogen) atoms. The summed E-state index contributed by atoms with van der Waals surface area (Å²) >= 11 is 1.58. The smallest absolute Gasteiger partial charge is 0.251 e. The number of rotatable bonds is 6. The van der Waals surface area contributed by atoms with E-state index in [-0.39, 0.29) is 17.2 Å². The molecule has 0 bridgehead atoms. The lowest BCUT2D eigenvalue weighted by atomic mass is 9.72. The SMILES string of the molecule is CCCCC1CCC(C(=O)Nc2sc3c(c2C(N)=O)CCC(C(C)(C)C)C3)CC1. The molecule has 1 saturated carbocycles. The molecule has 1 aromatic heterocycles. The molecule has 2 aliphatic rings. The molecule has 1 atom stereocenters. The molecule has 162 valence electrons. The van der Waals surface area contributed by atoms with Crippen molar-refractivity contribution in [2.45, 2.75) is 91.9 Å². The number of nitrogens with two attached hydrogens (primary N) is 1. The molecule has 0 spiro atoms. The van der Waals surface area contributed by atoms with Gasteiger partial charge in [-0.05, 0) is 67.8 Å². The second kappa shape index (κ2) is 9.20. The van der Waals surface area contributed by atoms with Crippen molar-refractivity contribution < 1.29 is 9.59 Å². The van der Waals surface area contributed by atoms with Crippen LogP contribution in [-0.4, -0.2) is 11.8 Å². The monoisotopic (exact) mass is 418 g/mol. The second-order valence-corrected chi connectivity index (χ2v) is 11.3. The summed E-state index contributed by atoms with van der Waals surface area (Å²) in [5.74, 6) is 1.11. The largest absolute Gasteiger partial charge is 0.365 e. The van der Waals surface area contributed by atoms with Crippen molar-refractivity contribution in [2.75, 3.05) is 5.32 Å². The number of fused-ring (bicyclic) bond motifs is 1. The lowest BCUT2D eigenvalue weighted by Crippen LogP contribution is -2.28. The highest BCUT2D eigenvalue weighted by atomic mass is 32.1. The summed E-state index contributed by atoms with van der Waals surface area (Å²) in [4.78, 5) is 26.4. The van der Waals surface area contributed by atoms with Gasteiger partial charge in [0.2, 0.25) is 5.91 Å². The summed E-state index contributed by atoms with van der Waals surface area (Å²) in [7, 11) is 0. The Labute approximate surface area is 180 Å². The first-order valence-electron chi connectivity index (χ1n) is 11.5. The van der Waals surface area contributed by atoms with E-state index in [0.717, 1.165) is 56.4 Å². The van der Waals surface area contributed by atoms with Crippen LogP contribution >= 0.6 is 11.3 Å². The first kappa shape index (κ1) is 22.3. The number of carbonyl (C=O) groups is 2. The van der Waals surface area contributed by atoms with Crippen molar-refractivity contribution >= 4 is 28.2 Å². The van der Waals surface area contributed by atoms with Gasteiger partial charge in [-0.2, -0.15) is 0 Å². The van der Waals surface area contributed by atoms with Gasteiger partial charge in [-0.15, -0.1) is 11.3 Å². The average molecular weight is 419 g/mol. The summed E-state index contributed by atoms with van der Waals surface area (Å²) in [6.45, 7) is 9.08. The van der Waals surface area contributed by atoms with Gasteiger partial charge in [0, 0.05) is 10.8 Å². The number of amides is 2. The molecule has 1 unspecified atom stereocenters. The van der Waals surface area contributed by atoms with E-state index in [1.54, 1.807) is 11.3 Å². The van der Waals surface area contributed by atoms with Crippen molar-refractivity contribution in [3.63, 3.8) is 0 Å². The Kier molecular flexibility index (Phi) is 7.08. The lowest BCUT2D eigenvalue weighted by molar-refractivity contribution is -0.121. The fraction of sp³-hybridized carbons (Fsp3) is 0.750. The van der Waals surface area contributed by atoms with Gasteiger partial charge in [-0.25, -0.2) is 0 Å². The van der Waals surface area contributed by atoms with E-state index in [1.807, 2.05) is 0 Å². The Balaban J connectivity index is 1.69. The number of carbonyl (C=O) groups excluding carboxylic acids is 2. The molecular weight excluding hydrogens is 380 g/mol.